The lowest BCUT2D eigenvalue weighted by atomic mass is 10.2. The molecule has 2 aromatic heterocycles. The summed E-state index contributed by atoms with van der Waals surface area (Å²) in [5, 5.41) is 9.67. The standard InChI is InChI=1S/C12H6Cl2N4O/c13-8-5-15-12-9(16-8)10(14)17-11(18-12)6-1-3-7(19)4-2-6/h1-5,19H. The van der Waals surface area contributed by atoms with Gasteiger partial charge in [0.15, 0.2) is 16.6 Å². The summed E-state index contributed by atoms with van der Waals surface area (Å²) in [6.07, 6.45) is 1.40. The molecular weight excluding hydrogens is 287 g/mol. The zero-order chi connectivity index (χ0) is 13.4. The Morgan fingerprint density at radius 3 is 2.42 bits per heavy atom. The van der Waals surface area contributed by atoms with E-state index in [1.807, 2.05) is 0 Å². The number of aromatic hydroxyl groups is 1. The molecular formula is C12H6Cl2N4O. The molecule has 0 aliphatic rings. The molecule has 0 atom stereocenters. The fourth-order valence-corrected chi connectivity index (χ4v) is 1.93. The number of fused-ring (bicyclic) bond motifs is 1. The number of phenols is 1. The number of nitrogens with zero attached hydrogens (tertiary/aromatic N) is 4. The Balaban J connectivity index is 2.20. The third-order valence-electron chi connectivity index (χ3n) is 2.46. The van der Waals surface area contributed by atoms with Crippen LogP contribution in [0.3, 0.4) is 0 Å². The maximum Gasteiger partial charge on any atom is 0.183 e. The minimum atomic E-state index is 0.169. The van der Waals surface area contributed by atoms with E-state index in [2.05, 4.69) is 19.9 Å². The number of hydrogen-bond acceptors (Lipinski definition) is 5. The number of halogens is 2. The van der Waals surface area contributed by atoms with Gasteiger partial charge in [0.25, 0.3) is 0 Å². The third-order valence-corrected chi connectivity index (χ3v) is 2.91. The first kappa shape index (κ1) is 12.1. The van der Waals surface area contributed by atoms with Crippen molar-refractivity contribution in [2.75, 3.05) is 0 Å². The second-order valence-corrected chi connectivity index (χ2v) is 4.50. The molecule has 19 heavy (non-hydrogen) atoms. The van der Waals surface area contributed by atoms with Crippen LogP contribution in [0.2, 0.25) is 10.3 Å². The van der Waals surface area contributed by atoms with Gasteiger partial charge in [-0.15, -0.1) is 0 Å². The van der Waals surface area contributed by atoms with Crippen LogP contribution in [0.1, 0.15) is 0 Å². The van der Waals surface area contributed by atoms with Gasteiger partial charge < -0.3 is 5.11 Å². The van der Waals surface area contributed by atoms with Crippen molar-refractivity contribution < 1.29 is 5.11 Å². The fraction of sp³-hybridized carbons (Fsp3) is 0. The molecule has 0 aliphatic carbocycles. The maximum atomic E-state index is 9.26. The lowest BCUT2D eigenvalue weighted by molar-refractivity contribution is 0.475. The van der Waals surface area contributed by atoms with Crippen molar-refractivity contribution in [1.29, 1.82) is 0 Å². The molecule has 94 valence electrons. The van der Waals surface area contributed by atoms with E-state index in [-0.39, 0.29) is 16.1 Å². The molecule has 0 amide bonds. The highest BCUT2D eigenvalue weighted by atomic mass is 35.5. The van der Waals surface area contributed by atoms with E-state index in [4.69, 9.17) is 23.2 Å². The van der Waals surface area contributed by atoms with Gasteiger partial charge in [0.1, 0.15) is 16.4 Å². The van der Waals surface area contributed by atoms with Crippen molar-refractivity contribution in [3.05, 3.63) is 40.8 Å². The van der Waals surface area contributed by atoms with E-state index in [0.29, 0.717) is 17.0 Å². The van der Waals surface area contributed by atoms with E-state index in [1.54, 1.807) is 24.3 Å². The summed E-state index contributed by atoms with van der Waals surface area (Å²) in [4.78, 5) is 16.5. The average Bonchev–Trinajstić information content (AvgIpc) is 2.40. The predicted octanol–water partition coefficient (Wildman–Crippen LogP) is 3.10. The summed E-state index contributed by atoms with van der Waals surface area (Å²) >= 11 is 11.8. The number of benzene rings is 1. The van der Waals surface area contributed by atoms with Crippen LogP contribution < -0.4 is 0 Å². The largest absolute Gasteiger partial charge is 0.508 e. The van der Waals surface area contributed by atoms with Crippen molar-refractivity contribution in [2.24, 2.45) is 0 Å². The van der Waals surface area contributed by atoms with Crippen molar-refractivity contribution in [3.63, 3.8) is 0 Å². The first-order valence-electron chi connectivity index (χ1n) is 5.29. The second kappa shape index (κ2) is 4.60. The summed E-state index contributed by atoms with van der Waals surface area (Å²) in [7, 11) is 0. The number of rotatable bonds is 1. The fourth-order valence-electron chi connectivity index (χ4n) is 1.59. The monoisotopic (exact) mass is 292 g/mol. The van der Waals surface area contributed by atoms with Gasteiger partial charge in [-0.1, -0.05) is 23.2 Å². The lowest BCUT2D eigenvalue weighted by Gasteiger charge is -2.03. The van der Waals surface area contributed by atoms with Crippen LogP contribution in [0, 0.1) is 0 Å². The van der Waals surface area contributed by atoms with Gasteiger partial charge in [-0.05, 0) is 24.3 Å². The molecule has 0 bridgehead atoms. The topological polar surface area (TPSA) is 71.8 Å². The van der Waals surface area contributed by atoms with E-state index >= 15 is 0 Å². The molecule has 0 unspecified atom stereocenters. The average molecular weight is 293 g/mol. The highest BCUT2D eigenvalue weighted by molar-refractivity contribution is 6.34. The Labute approximate surface area is 117 Å². The Morgan fingerprint density at radius 1 is 0.947 bits per heavy atom. The van der Waals surface area contributed by atoms with Gasteiger partial charge in [0.05, 0.1) is 6.20 Å². The smallest absolute Gasteiger partial charge is 0.183 e. The minimum absolute atomic E-state index is 0.169. The van der Waals surface area contributed by atoms with Crippen LogP contribution in [0.15, 0.2) is 30.5 Å². The zero-order valence-corrected chi connectivity index (χ0v) is 10.9. The summed E-state index contributed by atoms with van der Waals surface area (Å²) in [5.74, 6) is 0.580. The lowest BCUT2D eigenvalue weighted by Crippen LogP contribution is -1.95. The van der Waals surface area contributed by atoms with Crippen LogP contribution in [0.4, 0.5) is 0 Å². The number of aromatic nitrogens is 4. The molecule has 1 N–H and O–H groups in total. The highest BCUT2D eigenvalue weighted by Gasteiger charge is 2.10. The SMILES string of the molecule is Oc1ccc(-c2nc(Cl)c3nc(Cl)cnc3n2)cc1. The van der Waals surface area contributed by atoms with Gasteiger partial charge in [-0.25, -0.2) is 19.9 Å². The maximum absolute atomic E-state index is 9.26. The quantitative estimate of drug-likeness (QED) is 0.698. The molecule has 3 aromatic rings. The Hall–Kier alpha value is -1.98. The molecule has 0 aliphatic heterocycles. The van der Waals surface area contributed by atoms with Crippen molar-refractivity contribution in [3.8, 4) is 17.1 Å². The van der Waals surface area contributed by atoms with Gasteiger partial charge >= 0.3 is 0 Å². The van der Waals surface area contributed by atoms with Crippen LogP contribution in [0.25, 0.3) is 22.6 Å². The zero-order valence-electron chi connectivity index (χ0n) is 9.38. The summed E-state index contributed by atoms with van der Waals surface area (Å²) < 4.78 is 0. The van der Waals surface area contributed by atoms with Gasteiger partial charge in [-0.3, -0.25) is 0 Å². The van der Waals surface area contributed by atoms with E-state index in [1.165, 1.54) is 6.20 Å². The molecule has 0 fully saturated rings. The van der Waals surface area contributed by atoms with Gasteiger partial charge in [0, 0.05) is 5.56 Å². The molecule has 3 rings (SSSR count). The predicted molar refractivity (Wildman–Crippen MR) is 72.2 cm³/mol. The Bertz CT molecular complexity index is 762. The Morgan fingerprint density at radius 2 is 1.68 bits per heavy atom. The van der Waals surface area contributed by atoms with Crippen molar-refractivity contribution >= 4 is 34.4 Å². The molecule has 0 saturated carbocycles. The molecule has 5 nitrogen and oxygen atoms in total. The third kappa shape index (κ3) is 2.30. The van der Waals surface area contributed by atoms with Crippen LogP contribution in [0.5, 0.6) is 5.75 Å². The van der Waals surface area contributed by atoms with Gasteiger partial charge in [0.2, 0.25) is 0 Å². The molecule has 1 aromatic carbocycles. The summed E-state index contributed by atoms with van der Waals surface area (Å²) in [6.45, 7) is 0. The van der Waals surface area contributed by atoms with E-state index in [9.17, 15) is 5.11 Å². The van der Waals surface area contributed by atoms with Crippen molar-refractivity contribution in [1.82, 2.24) is 19.9 Å². The minimum Gasteiger partial charge on any atom is -0.508 e. The Kier molecular flexibility index (Phi) is 2.93. The first-order valence-corrected chi connectivity index (χ1v) is 6.04. The molecule has 0 spiro atoms. The van der Waals surface area contributed by atoms with E-state index in [0.717, 1.165) is 5.56 Å². The van der Waals surface area contributed by atoms with Crippen LogP contribution >= 0.6 is 23.2 Å². The van der Waals surface area contributed by atoms with Gasteiger partial charge in [-0.2, -0.15) is 0 Å². The normalized spacial score (nSPS) is 10.8. The number of phenolic OH excluding ortho intramolecular Hbond substituents is 1. The molecule has 7 heteroatoms. The first-order chi connectivity index (χ1) is 9.13. The highest BCUT2D eigenvalue weighted by Crippen LogP contribution is 2.24. The van der Waals surface area contributed by atoms with Crippen molar-refractivity contribution in [2.45, 2.75) is 0 Å². The number of hydrogen-bond donors (Lipinski definition) is 1. The van der Waals surface area contributed by atoms with Crippen LogP contribution in [-0.4, -0.2) is 25.0 Å². The summed E-state index contributed by atoms with van der Waals surface area (Å²) in [5.41, 5.74) is 1.45. The van der Waals surface area contributed by atoms with Crippen LogP contribution in [-0.2, 0) is 0 Å². The molecule has 2 heterocycles. The van der Waals surface area contributed by atoms with E-state index < -0.39 is 0 Å². The summed E-state index contributed by atoms with van der Waals surface area (Å²) in [6, 6.07) is 6.47. The second-order valence-electron chi connectivity index (χ2n) is 3.75. The molecule has 0 radical (unpaired) electrons. The molecule has 0 saturated heterocycles.